The van der Waals surface area contributed by atoms with Gasteiger partial charge in [0.2, 0.25) is 5.91 Å². The lowest BCUT2D eigenvalue weighted by atomic mass is 10.1. The van der Waals surface area contributed by atoms with Gasteiger partial charge in [0, 0.05) is 25.1 Å². The van der Waals surface area contributed by atoms with Gasteiger partial charge in [-0.05, 0) is 6.07 Å². The number of rotatable bonds is 4. The Morgan fingerprint density at radius 3 is 2.83 bits per heavy atom. The van der Waals surface area contributed by atoms with Gasteiger partial charge >= 0.3 is 5.97 Å². The van der Waals surface area contributed by atoms with E-state index in [1.807, 2.05) is 24.3 Å². The number of carbonyl (C=O) groups excluding carboxylic acids is 1. The lowest BCUT2D eigenvalue weighted by molar-refractivity contribution is -0.141. The highest BCUT2D eigenvalue weighted by Gasteiger charge is 2.34. The van der Waals surface area contributed by atoms with Gasteiger partial charge in [-0.15, -0.1) is 0 Å². The molecule has 0 aliphatic carbocycles. The number of carbonyl (C=O) groups is 2. The molecule has 0 radical (unpaired) electrons. The fraction of sp³-hybridized carbons (Fsp3) is 0.385. The fourth-order valence-electron chi connectivity index (χ4n) is 2.13. The fourth-order valence-corrected chi connectivity index (χ4v) is 2.13. The highest BCUT2D eigenvalue weighted by Crippen LogP contribution is 2.24. The maximum absolute atomic E-state index is 11.7. The van der Waals surface area contributed by atoms with E-state index in [4.69, 9.17) is 9.84 Å². The predicted octanol–water partition coefficient (Wildman–Crippen LogP) is 1.13. The van der Waals surface area contributed by atoms with Gasteiger partial charge in [-0.25, -0.2) is 0 Å². The van der Waals surface area contributed by atoms with Gasteiger partial charge in [0.25, 0.3) is 0 Å². The molecular formula is C13H15NO4. The number of ether oxygens (including phenoxy) is 1. The third-order valence-electron chi connectivity index (χ3n) is 3.12. The van der Waals surface area contributed by atoms with E-state index in [-0.39, 0.29) is 18.9 Å². The lowest BCUT2D eigenvalue weighted by Gasteiger charge is -2.17. The standard InChI is InChI=1S/C13H15NO4/c1-18-11-5-3-2-4-9(11)7-14-8-10(13(16)17)6-12(14)15/h2-5,10H,6-8H2,1H3,(H,16,17)/t10-/m0/s1. The molecule has 1 heterocycles. The third kappa shape index (κ3) is 2.45. The maximum Gasteiger partial charge on any atom is 0.308 e. The quantitative estimate of drug-likeness (QED) is 0.868. The minimum Gasteiger partial charge on any atom is -0.496 e. The summed E-state index contributed by atoms with van der Waals surface area (Å²) in [6, 6.07) is 7.42. The van der Waals surface area contributed by atoms with Gasteiger partial charge < -0.3 is 14.7 Å². The van der Waals surface area contributed by atoms with Crippen LogP contribution in [0.1, 0.15) is 12.0 Å². The van der Waals surface area contributed by atoms with Crippen molar-refractivity contribution in [3.8, 4) is 5.75 Å². The minimum absolute atomic E-state index is 0.0878. The number of carboxylic acid groups (broad SMARTS) is 1. The van der Waals surface area contributed by atoms with Crippen molar-refractivity contribution in [2.24, 2.45) is 5.92 Å². The minimum atomic E-state index is -0.911. The molecule has 18 heavy (non-hydrogen) atoms. The van der Waals surface area contributed by atoms with Crippen molar-refractivity contribution in [1.82, 2.24) is 4.90 Å². The van der Waals surface area contributed by atoms with Crippen LogP contribution in [-0.2, 0) is 16.1 Å². The van der Waals surface area contributed by atoms with Gasteiger partial charge in [0.05, 0.1) is 13.0 Å². The second-order valence-electron chi connectivity index (χ2n) is 4.33. The molecule has 2 rings (SSSR count). The van der Waals surface area contributed by atoms with Gasteiger partial charge in [0.15, 0.2) is 0 Å². The molecule has 1 aliphatic heterocycles. The average Bonchev–Trinajstić information content (AvgIpc) is 2.72. The third-order valence-corrected chi connectivity index (χ3v) is 3.12. The first kappa shape index (κ1) is 12.4. The molecule has 5 heteroatoms. The van der Waals surface area contributed by atoms with Gasteiger partial charge in [-0.3, -0.25) is 9.59 Å². The zero-order chi connectivity index (χ0) is 13.1. The van der Waals surface area contributed by atoms with Crippen LogP contribution in [-0.4, -0.2) is 35.5 Å². The Labute approximate surface area is 105 Å². The number of aliphatic carboxylic acids is 1. The van der Waals surface area contributed by atoms with E-state index >= 15 is 0 Å². The van der Waals surface area contributed by atoms with Crippen LogP contribution in [0.4, 0.5) is 0 Å². The summed E-state index contributed by atoms with van der Waals surface area (Å²) in [5, 5.41) is 8.91. The smallest absolute Gasteiger partial charge is 0.308 e. The average molecular weight is 249 g/mol. The molecule has 1 saturated heterocycles. The first-order valence-corrected chi connectivity index (χ1v) is 5.74. The van der Waals surface area contributed by atoms with Gasteiger partial charge in [-0.1, -0.05) is 18.2 Å². The number of para-hydroxylation sites is 1. The molecule has 96 valence electrons. The molecule has 1 atom stereocenters. The molecule has 1 amide bonds. The van der Waals surface area contributed by atoms with E-state index in [1.165, 1.54) is 0 Å². The summed E-state index contributed by atoms with van der Waals surface area (Å²) in [5.74, 6) is -0.907. The normalized spacial score (nSPS) is 19.1. The monoisotopic (exact) mass is 249 g/mol. The number of nitrogens with zero attached hydrogens (tertiary/aromatic N) is 1. The maximum atomic E-state index is 11.7. The number of amides is 1. The van der Waals surface area contributed by atoms with Crippen LogP contribution in [0.5, 0.6) is 5.75 Å². The highest BCUT2D eigenvalue weighted by molar-refractivity contribution is 5.86. The molecule has 0 aromatic heterocycles. The topological polar surface area (TPSA) is 66.8 Å². The molecule has 0 unspecified atom stereocenters. The summed E-state index contributed by atoms with van der Waals surface area (Å²) in [6.45, 7) is 0.666. The van der Waals surface area contributed by atoms with Crippen LogP contribution in [0.15, 0.2) is 24.3 Å². The Morgan fingerprint density at radius 2 is 2.22 bits per heavy atom. The van der Waals surface area contributed by atoms with Gasteiger partial charge in [0.1, 0.15) is 5.75 Å². The highest BCUT2D eigenvalue weighted by atomic mass is 16.5. The molecule has 1 aromatic rings. The van der Waals surface area contributed by atoms with Crippen LogP contribution >= 0.6 is 0 Å². The number of hydrogen-bond donors (Lipinski definition) is 1. The first-order valence-electron chi connectivity index (χ1n) is 5.74. The molecule has 1 aromatic carbocycles. The molecule has 1 fully saturated rings. The van der Waals surface area contributed by atoms with Crippen molar-refractivity contribution >= 4 is 11.9 Å². The van der Waals surface area contributed by atoms with E-state index in [9.17, 15) is 9.59 Å². The summed E-state index contributed by atoms with van der Waals surface area (Å²) < 4.78 is 5.21. The van der Waals surface area contributed by atoms with Crippen molar-refractivity contribution in [1.29, 1.82) is 0 Å². The number of methoxy groups -OCH3 is 1. The Bertz CT molecular complexity index is 472. The Balaban J connectivity index is 2.10. The zero-order valence-electron chi connectivity index (χ0n) is 10.1. The van der Waals surface area contributed by atoms with Crippen molar-refractivity contribution in [3.05, 3.63) is 29.8 Å². The molecule has 1 aliphatic rings. The largest absolute Gasteiger partial charge is 0.496 e. The summed E-state index contributed by atoms with van der Waals surface area (Å²) in [5.41, 5.74) is 0.888. The SMILES string of the molecule is COc1ccccc1CN1C[C@@H](C(=O)O)CC1=O. The molecular weight excluding hydrogens is 234 g/mol. The second kappa shape index (κ2) is 5.08. The molecule has 5 nitrogen and oxygen atoms in total. The van der Waals surface area contributed by atoms with Gasteiger partial charge in [-0.2, -0.15) is 0 Å². The van der Waals surface area contributed by atoms with Crippen molar-refractivity contribution in [2.45, 2.75) is 13.0 Å². The Hall–Kier alpha value is -2.04. The second-order valence-corrected chi connectivity index (χ2v) is 4.33. The molecule has 0 saturated carbocycles. The zero-order valence-corrected chi connectivity index (χ0v) is 10.1. The van der Waals surface area contributed by atoms with E-state index < -0.39 is 11.9 Å². The summed E-state index contributed by atoms with van der Waals surface area (Å²) in [7, 11) is 1.57. The van der Waals surface area contributed by atoms with Crippen LogP contribution in [0.2, 0.25) is 0 Å². The number of hydrogen-bond acceptors (Lipinski definition) is 3. The van der Waals surface area contributed by atoms with E-state index in [1.54, 1.807) is 12.0 Å². The van der Waals surface area contributed by atoms with Crippen LogP contribution in [0, 0.1) is 5.92 Å². The summed E-state index contributed by atoms with van der Waals surface area (Å²) in [6.07, 6.45) is 0.0878. The summed E-state index contributed by atoms with van der Waals surface area (Å²) >= 11 is 0. The van der Waals surface area contributed by atoms with Crippen molar-refractivity contribution in [2.75, 3.05) is 13.7 Å². The lowest BCUT2D eigenvalue weighted by Crippen LogP contribution is -2.25. The molecule has 0 bridgehead atoms. The van der Waals surface area contributed by atoms with E-state index in [0.717, 1.165) is 5.56 Å². The summed E-state index contributed by atoms with van der Waals surface area (Å²) in [4.78, 5) is 24.1. The Kier molecular flexibility index (Phi) is 3.50. The predicted molar refractivity (Wildman–Crippen MR) is 64.2 cm³/mol. The number of benzene rings is 1. The van der Waals surface area contributed by atoms with Crippen LogP contribution in [0.25, 0.3) is 0 Å². The number of likely N-dealkylation sites (tertiary alicyclic amines) is 1. The van der Waals surface area contributed by atoms with E-state index in [2.05, 4.69) is 0 Å². The van der Waals surface area contributed by atoms with E-state index in [0.29, 0.717) is 12.3 Å². The number of carboxylic acids is 1. The molecule has 0 spiro atoms. The first-order chi connectivity index (χ1) is 8.61. The van der Waals surface area contributed by atoms with Crippen molar-refractivity contribution < 1.29 is 19.4 Å². The van der Waals surface area contributed by atoms with Crippen molar-refractivity contribution in [3.63, 3.8) is 0 Å². The van der Waals surface area contributed by atoms with Crippen LogP contribution in [0.3, 0.4) is 0 Å². The van der Waals surface area contributed by atoms with Crippen LogP contribution < -0.4 is 4.74 Å². The molecule has 1 N–H and O–H groups in total. The Morgan fingerprint density at radius 1 is 1.50 bits per heavy atom.